The number of aryl methyl sites for hydroxylation is 1. The fourth-order valence-corrected chi connectivity index (χ4v) is 2.60. The van der Waals surface area contributed by atoms with Gasteiger partial charge in [0.2, 0.25) is 0 Å². The topological polar surface area (TPSA) is 32.7 Å². The van der Waals surface area contributed by atoms with Gasteiger partial charge in [-0.05, 0) is 26.3 Å². The van der Waals surface area contributed by atoms with Crippen molar-refractivity contribution in [3.8, 4) is 0 Å². The van der Waals surface area contributed by atoms with Crippen LogP contribution in [0.1, 0.15) is 31.4 Å². The second kappa shape index (κ2) is 5.72. The number of morpholine rings is 1. The van der Waals surface area contributed by atoms with Crippen molar-refractivity contribution >= 4 is 5.69 Å². The van der Waals surface area contributed by atoms with Crippen molar-refractivity contribution in [2.45, 2.75) is 45.9 Å². The van der Waals surface area contributed by atoms with Crippen LogP contribution >= 0.6 is 0 Å². The molecule has 0 spiro atoms. The van der Waals surface area contributed by atoms with Crippen LogP contribution in [0.25, 0.3) is 0 Å². The summed E-state index contributed by atoms with van der Waals surface area (Å²) in [5.74, 6) is 0. The van der Waals surface area contributed by atoms with E-state index in [9.17, 15) is 5.11 Å². The zero-order valence-corrected chi connectivity index (χ0v) is 11.5. The minimum Gasteiger partial charge on any atom is -0.392 e. The summed E-state index contributed by atoms with van der Waals surface area (Å²) in [5.41, 5.74) is 3.37. The largest absolute Gasteiger partial charge is 0.392 e. The second-order valence-electron chi connectivity index (χ2n) is 5.15. The minimum absolute atomic E-state index is 0.0964. The Morgan fingerprint density at radius 3 is 2.89 bits per heavy atom. The van der Waals surface area contributed by atoms with Gasteiger partial charge in [-0.15, -0.1) is 0 Å². The van der Waals surface area contributed by atoms with Gasteiger partial charge in [0.05, 0.1) is 25.4 Å². The molecule has 3 nitrogen and oxygen atoms in total. The fraction of sp³-hybridized carbons (Fsp3) is 0.600. The number of aliphatic hydroxyl groups excluding tert-OH is 1. The molecule has 100 valence electrons. The van der Waals surface area contributed by atoms with Gasteiger partial charge >= 0.3 is 0 Å². The molecule has 2 atom stereocenters. The molecule has 0 amide bonds. The van der Waals surface area contributed by atoms with E-state index in [-0.39, 0.29) is 12.7 Å². The number of ether oxygens (including phenoxy) is 1. The van der Waals surface area contributed by atoms with Crippen LogP contribution in [0.2, 0.25) is 0 Å². The van der Waals surface area contributed by atoms with E-state index in [4.69, 9.17) is 4.74 Å². The van der Waals surface area contributed by atoms with Gasteiger partial charge in [0.1, 0.15) is 0 Å². The van der Waals surface area contributed by atoms with Crippen molar-refractivity contribution in [2.24, 2.45) is 0 Å². The summed E-state index contributed by atoms with van der Waals surface area (Å²) in [4.78, 5) is 2.39. The Morgan fingerprint density at radius 1 is 1.44 bits per heavy atom. The first-order valence-electron chi connectivity index (χ1n) is 6.74. The van der Waals surface area contributed by atoms with Crippen molar-refractivity contribution in [3.05, 3.63) is 29.3 Å². The highest BCUT2D eigenvalue weighted by Gasteiger charge is 2.26. The molecule has 1 heterocycles. The smallest absolute Gasteiger partial charge is 0.0723 e. The molecule has 3 heteroatoms. The van der Waals surface area contributed by atoms with E-state index >= 15 is 0 Å². The Hall–Kier alpha value is -1.06. The molecule has 0 radical (unpaired) electrons. The predicted molar refractivity (Wildman–Crippen MR) is 73.9 cm³/mol. The fourth-order valence-electron chi connectivity index (χ4n) is 2.60. The van der Waals surface area contributed by atoms with Crippen molar-refractivity contribution in [1.82, 2.24) is 0 Å². The standard InChI is InChI=1S/C15H23NO2/c1-4-14-10-18-12(3)8-16(14)15-6-5-11(2)7-13(15)9-17/h5-7,12,14,17H,4,8-10H2,1-3H3. The molecule has 0 aromatic heterocycles. The van der Waals surface area contributed by atoms with E-state index in [1.165, 1.54) is 5.56 Å². The Kier molecular flexibility index (Phi) is 4.25. The molecular weight excluding hydrogens is 226 g/mol. The summed E-state index contributed by atoms with van der Waals surface area (Å²) in [6.45, 7) is 8.11. The molecule has 0 saturated carbocycles. The van der Waals surface area contributed by atoms with Gasteiger partial charge in [0, 0.05) is 17.8 Å². The molecule has 1 N–H and O–H groups in total. The van der Waals surface area contributed by atoms with Crippen molar-refractivity contribution in [1.29, 1.82) is 0 Å². The molecule has 2 unspecified atom stereocenters. The quantitative estimate of drug-likeness (QED) is 0.893. The first-order chi connectivity index (χ1) is 8.65. The first kappa shape index (κ1) is 13.4. The van der Waals surface area contributed by atoms with Gasteiger partial charge < -0.3 is 14.7 Å². The van der Waals surface area contributed by atoms with Gasteiger partial charge in [0.25, 0.3) is 0 Å². The second-order valence-corrected chi connectivity index (χ2v) is 5.15. The van der Waals surface area contributed by atoms with Crippen molar-refractivity contribution in [2.75, 3.05) is 18.1 Å². The third-order valence-corrected chi connectivity index (χ3v) is 3.65. The van der Waals surface area contributed by atoms with E-state index in [1.54, 1.807) is 0 Å². The highest BCUT2D eigenvalue weighted by molar-refractivity contribution is 5.56. The minimum atomic E-state index is 0.0964. The highest BCUT2D eigenvalue weighted by Crippen LogP contribution is 2.28. The van der Waals surface area contributed by atoms with Gasteiger partial charge in [-0.3, -0.25) is 0 Å². The molecule has 0 bridgehead atoms. The van der Waals surface area contributed by atoms with Crippen LogP contribution in [0.5, 0.6) is 0 Å². The summed E-state index contributed by atoms with van der Waals surface area (Å²) in [5, 5.41) is 9.54. The molecule has 2 rings (SSSR count). The van der Waals surface area contributed by atoms with Crippen LogP contribution in [0.3, 0.4) is 0 Å². The predicted octanol–water partition coefficient (Wildman–Crippen LogP) is 2.49. The van der Waals surface area contributed by atoms with Crippen LogP contribution < -0.4 is 4.90 Å². The van der Waals surface area contributed by atoms with Gasteiger partial charge in [0.15, 0.2) is 0 Å². The number of benzene rings is 1. The van der Waals surface area contributed by atoms with Crippen LogP contribution in [0, 0.1) is 6.92 Å². The number of aliphatic hydroxyl groups is 1. The molecule has 0 aliphatic carbocycles. The van der Waals surface area contributed by atoms with Gasteiger partial charge in [-0.2, -0.15) is 0 Å². The van der Waals surface area contributed by atoms with Crippen LogP contribution in [-0.2, 0) is 11.3 Å². The van der Waals surface area contributed by atoms with Crippen molar-refractivity contribution in [3.63, 3.8) is 0 Å². The molecule has 1 aromatic rings. The molecule has 1 aromatic carbocycles. The average Bonchev–Trinajstić information content (AvgIpc) is 2.38. The lowest BCUT2D eigenvalue weighted by atomic mass is 10.0. The molecule has 1 aliphatic rings. The third kappa shape index (κ3) is 2.68. The Bertz CT molecular complexity index is 405. The average molecular weight is 249 g/mol. The maximum absolute atomic E-state index is 9.54. The zero-order chi connectivity index (χ0) is 13.1. The number of hydrogen-bond donors (Lipinski definition) is 1. The molecule has 18 heavy (non-hydrogen) atoms. The number of hydrogen-bond acceptors (Lipinski definition) is 3. The van der Waals surface area contributed by atoms with Crippen molar-refractivity contribution < 1.29 is 9.84 Å². The maximum atomic E-state index is 9.54. The number of nitrogens with zero attached hydrogens (tertiary/aromatic N) is 1. The Labute approximate surface area is 109 Å². The number of rotatable bonds is 3. The summed E-state index contributed by atoms with van der Waals surface area (Å²) < 4.78 is 5.73. The van der Waals surface area contributed by atoms with Crippen LogP contribution in [0.15, 0.2) is 18.2 Å². The lowest BCUT2D eigenvalue weighted by molar-refractivity contribution is 0.0298. The molecule has 1 aliphatic heterocycles. The SMILES string of the molecule is CCC1COC(C)CN1c1ccc(C)cc1CO. The summed E-state index contributed by atoms with van der Waals surface area (Å²) >= 11 is 0. The summed E-state index contributed by atoms with van der Waals surface area (Å²) in [7, 11) is 0. The maximum Gasteiger partial charge on any atom is 0.0723 e. The van der Waals surface area contributed by atoms with Gasteiger partial charge in [-0.25, -0.2) is 0 Å². The van der Waals surface area contributed by atoms with Gasteiger partial charge in [-0.1, -0.05) is 24.6 Å². The van der Waals surface area contributed by atoms with E-state index in [2.05, 4.69) is 43.9 Å². The molecular formula is C15H23NO2. The Morgan fingerprint density at radius 2 is 2.22 bits per heavy atom. The molecule has 1 fully saturated rings. The highest BCUT2D eigenvalue weighted by atomic mass is 16.5. The molecule has 1 saturated heterocycles. The van der Waals surface area contributed by atoms with Crippen LogP contribution in [0.4, 0.5) is 5.69 Å². The number of anilines is 1. The summed E-state index contributed by atoms with van der Waals surface area (Å²) in [6, 6.07) is 6.72. The van der Waals surface area contributed by atoms with Crippen LogP contribution in [-0.4, -0.2) is 30.4 Å². The monoisotopic (exact) mass is 249 g/mol. The van der Waals surface area contributed by atoms with E-state index in [0.29, 0.717) is 6.04 Å². The Balaban J connectivity index is 2.32. The first-order valence-corrected chi connectivity index (χ1v) is 6.74. The lowest BCUT2D eigenvalue weighted by Gasteiger charge is -2.40. The third-order valence-electron chi connectivity index (χ3n) is 3.65. The zero-order valence-electron chi connectivity index (χ0n) is 11.5. The lowest BCUT2D eigenvalue weighted by Crippen LogP contribution is -2.49. The summed E-state index contributed by atoms with van der Waals surface area (Å²) in [6.07, 6.45) is 1.31. The van der Waals surface area contributed by atoms with E-state index < -0.39 is 0 Å². The van der Waals surface area contributed by atoms with E-state index in [0.717, 1.165) is 30.8 Å². The normalized spacial score (nSPS) is 24.3. The van der Waals surface area contributed by atoms with E-state index in [1.807, 2.05) is 0 Å².